The first kappa shape index (κ1) is 9.72. The van der Waals surface area contributed by atoms with Crippen LogP contribution < -0.4 is 0 Å². The van der Waals surface area contributed by atoms with E-state index in [9.17, 15) is 4.79 Å². The number of hydrogen-bond acceptors (Lipinski definition) is 2. The van der Waals surface area contributed by atoms with Crippen molar-refractivity contribution in [1.82, 2.24) is 4.90 Å². The largest absolute Gasteiger partial charge is 0.298 e. The maximum absolute atomic E-state index is 11.6. The summed E-state index contributed by atoms with van der Waals surface area (Å²) < 4.78 is 0. The Morgan fingerprint density at radius 2 is 2.25 bits per heavy atom. The lowest BCUT2D eigenvalue weighted by Gasteiger charge is -2.31. The average molecular weight is 169 g/mol. The van der Waals surface area contributed by atoms with Gasteiger partial charge in [-0.15, -0.1) is 0 Å². The fraction of sp³-hybridized carbons (Fsp3) is 0.900. The minimum atomic E-state index is 0.235. The minimum absolute atomic E-state index is 0.235. The number of carbonyl (C=O) groups is 1. The van der Waals surface area contributed by atoms with E-state index in [0.29, 0.717) is 5.78 Å². The van der Waals surface area contributed by atoms with Gasteiger partial charge in [0, 0.05) is 6.42 Å². The Morgan fingerprint density at radius 3 is 2.83 bits per heavy atom. The fourth-order valence-electron chi connectivity index (χ4n) is 1.89. The van der Waals surface area contributed by atoms with Gasteiger partial charge < -0.3 is 0 Å². The molecule has 0 bridgehead atoms. The van der Waals surface area contributed by atoms with Crippen LogP contribution in [0.1, 0.15) is 39.0 Å². The number of piperidine rings is 1. The Bertz CT molecular complexity index is 156. The zero-order valence-electron chi connectivity index (χ0n) is 8.18. The second-order valence-electron chi connectivity index (χ2n) is 3.71. The zero-order chi connectivity index (χ0) is 8.97. The van der Waals surface area contributed by atoms with Crippen LogP contribution in [0.5, 0.6) is 0 Å². The third-order valence-corrected chi connectivity index (χ3v) is 2.64. The lowest BCUT2D eigenvalue weighted by Crippen LogP contribution is -2.41. The van der Waals surface area contributed by atoms with Gasteiger partial charge in [-0.25, -0.2) is 0 Å². The highest BCUT2D eigenvalue weighted by Gasteiger charge is 2.24. The van der Waals surface area contributed by atoms with Crippen LogP contribution in [0.4, 0.5) is 0 Å². The molecule has 0 aromatic rings. The molecular weight excluding hydrogens is 150 g/mol. The van der Waals surface area contributed by atoms with Gasteiger partial charge in [-0.3, -0.25) is 9.69 Å². The summed E-state index contributed by atoms with van der Waals surface area (Å²) in [6, 6.07) is 0.235. The van der Waals surface area contributed by atoms with Crippen molar-refractivity contribution in [2.75, 3.05) is 13.6 Å². The molecule has 0 saturated carbocycles. The number of likely N-dealkylation sites (N-methyl/N-ethyl adjacent to an activating group) is 1. The van der Waals surface area contributed by atoms with Gasteiger partial charge in [0.05, 0.1) is 6.04 Å². The Labute approximate surface area is 74.9 Å². The molecule has 0 aromatic heterocycles. The molecule has 0 spiro atoms. The average Bonchev–Trinajstić information content (AvgIpc) is 2.05. The van der Waals surface area contributed by atoms with E-state index in [0.717, 1.165) is 25.8 Å². The second-order valence-corrected chi connectivity index (χ2v) is 3.71. The van der Waals surface area contributed by atoms with Crippen molar-refractivity contribution < 1.29 is 4.79 Å². The summed E-state index contributed by atoms with van der Waals surface area (Å²) in [6.07, 6.45) is 5.31. The molecule has 1 rings (SSSR count). The number of likely N-dealkylation sites (tertiary alicyclic amines) is 1. The number of nitrogens with zero attached hydrogens (tertiary/aromatic N) is 1. The first-order chi connectivity index (χ1) is 5.75. The topological polar surface area (TPSA) is 20.3 Å². The summed E-state index contributed by atoms with van der Waals surface area (Å²) in [4.78, 5) is 13.8. The molecule has 70 valence electrons. The molecule has 2 heteroatoms. The normalized spacial score (nSPS) is 25.7. The van der Waals surface area contributed by atoms with Crippen molar-refractivity contribution in [3.05, 3.63) is 0 Å². The van der Waals surface area contributed by atoms with E-state index in [2.05, 4.69) is 18.9 Å². The molecule has 1 saturated heterocycles. The summed E-state index contributed by atoms with van der Waals surface area (Å²) in [6.45, 7) is 3.17. The van der Waals surface area contributed by atoms with Crippen LogP contribution in [0.15, 0.2) is 0 Å². The van der Waals surface area contributed by atoms with Crippen LogP contribution in [0.25, 0.3) is 0 Å². The van der Waals surface area contributed by atoms with Crippen LogP contribution >= 0.6 is 0 Å². The van der Waals surface area contributed by atoms with Gasteiger partial charge in [0.15, 0.2) is 0 Å². The number of hydrogen-bond donors (Lipinski definition) is 0. The predicted molar refractivity (Wildman–Crippen MR) is 50.2 cm³/mol. The minimum Gasteiger partial charge on any atom is -0.298 e. The van der Waals surface area contributed by atoms with Gasteiger partial charge in [-0.1, -0.05) is 13.3 Å². The monoisotopic (exact) mass is 169 g/mol. The van der Waals surface area contributed by atoms with Crippen molar-refractivity contribution in [2.24, 2.45) is 0 Å². The molecule has 1 aliphatic heterocycles. The SMILES string of the molecule is CCCC(=O)C1CCCCN1C. The van der Waals surface area contributed by atoms with E-state index in [1.54, 1.807) is 0 Å². The lowest BCUT2D eigenvalue weighted by molar-refractivity contribution is -0.124. The van der Waals surface area contributed by atoms with Crippen molar-refractivity contribution in [3.8, 4) is 0 Å². The molecule has 1 fully saturated rings. The molecule has 0 N–H and O–H groups in total. The predicted octanol–water partition coefficient (Wildman–Crippen LogP) is 1.84. The summed E-state index contributed by atoms with van der Waals surface area (Å²) in [7, 11) is 2.07. The molecule has 1 aliphatic rings. The van der Waals surface area contributed by atoms with Gasteiger partial charge in [0.2, 0.25) is 0 Å². The van der Waals surface area contributed by atoms with Crippen LogP contribution in [0, 0.1) is 0 Å². The van der Waals surface area contributed by atoms with Gasteiger partial charge in [-0.05, 0) is 32.9 Å². The summed E-state index contributed by atoms with van der Waals surface area (Å²) in [5, 5.41) is 0. The summed E-state index contributed by atoms with van der Waals surface area (Å²) in [5.74, 6) is 0.444. The molecule has 0 aliphatic carbocycles. The molecule has 12 heavy (non-hydrogen) atoms. The van der Waals surface area contributed by atoms with E-state index in [1.165, 1.54) is 12.8 Å². The Balaban J connectivity index is 2.42. The highest BCUT2D eigenvalue weighted by Crippen LogP contribution is 2.17. The molecular formula is C10H19NO. The van der Waals surface area contributed by atoms with E-state index in [4.69, 9.17) is 0 Å². The smallest absolute Gasteiger partial charge is 0.149 e. The molecule has 1 atom stereocenters. The van der Waals surface area contributed by atoms with E-state index in [-0.39, 0.29) is 6.04 Å². The number of rotatable bonds is 3. The lowest BCUT2D eigenvalue weighted by atomic mass is 9.97. The number of ketones is 1. The van der Waals surface area contributed by atoms with E-state index >= 15 is 0 Å². The molecule has 0 radical (unpaired) electrons. The molecule has 2 nitrogen and oxygen atoms in total. The number of carbonyl (C=O) groups excluding carboxylic acids is 1. The van der Waals surface area contributed by atoms with Crippen LogP contribution in [0.3, 0.4) is 0 Å². The van der Waals surface area contributed by atoms with Crippen molar-refractivity contribution in [3.63, 3.8) is 0 Å². The standard InChI is InChI=1S/C10H19NO/c1-3-6-10(12)9-7-4-5-8-11(9)2/h9H,3-8H2,1-2H3. The van der Waals surface area contributed by atoms with E-state index in [1.807, 2.05) is 0 Å². The maximum Gasteiger partial charge on any atom is 0.149 e. The molecule has 1 unspecified atom stereocenters. The van der Waals surface area contributed by atoms with Crippen LogP contribution in [0.2, 0.25) is 0 Å². The second kappa shape index (κ2) is 4.61. The zero-order valence-corrected chi connectivity index (χ0v) is 8.18. The molecule has 0 amide bonds. The van der Waals surface area contributed by atoms with Gasteiger partial charge in [0.25, 0.3) is 0 Å². The van der Waals surface area contributed by atoms with Gasteiger partial charge in [0.1, 0.15) is 5.78 Å². The van der Waals surface area contributed by atoms with Crippen molar-refractivity contribution in [2.45, 2.75) is 45.1 Å². The fourth-order valence-corrected chi connectivity index (χ4v) is 1.89. The third-order valence-electron chi connectivity index (χ3n) is 2.64. The van der Waals surface area contributed by atoms with Crippen molar-refractivity contribution in [1.29, 1.82) is 0 Å². The van der Waals surface area contributed by atoms with Crippen LogP contribution in [-0.4, -0.2) is 30.3 Å². The van der Waals surface area contributed by atoms with Gasteiger partial charge in [-0.2, -0.15) is 0 Å². The number of Topliss-reactive ketones (excluding diaryl/α,β-unsaturated/α-hetero) is 1. The Hall–Kier alpha value is -0.370. The first-order valence-corrected chi connectivity index (χ1v) is 4.98. The van der Waals surface area contributed by atoms with Gasteiger partial charge >= 0.3 is 0 Å². The molecule has 0 aromatic carbocycles. The summed E-state index contributed by atoms with van der Waals surface area (Å²) in [5.41, 5.74) is 0. The third kappa shape index (κ3) is 2.31. The maximum atomic E-state index is 11.6. The summed E-state index contributed by atoms with van der Waals surface area (Å²) >= 11 is 0. The first-order valence-electron chi connectivity index (χ1n) is 4.98. The Morgan fingerprint density at radius 1 is 1.50 bits per heavy atom. The highest BCUT2D eigenvalue weighted by atomic mass is 16.1. The Kier molecular flexibility index (Phi) is 3.73. The van der Waals surface area contributed by atoms with E-state index < -0.39 is 0 Å². The highest BCUT2D eigenvalue weighted by molar-refractivity contribution is 5.83. The molecule has 1 heterocycles. The van der Waals surface area contributed by atoms with Crippen molar-refractivity contribution >= 4 is 5.78 Å². The quantitative estimate of drug-likeness (QED) is 0.642. The van der Waals surface area contributed by atoms with Crippen LogP contribution in [-0.2, 0) is 4.79 Å².